The van der Waals surface area contributed by atoms with Crippen molar-refractivity contribution in [1.29, 1.82) is 0 Å². The van der Waals surface area contributed by atoms with Crippen molar-refractivity contribution in [2.24, 2.45) is 7.05 Å². The fourth-order valence-corrected chi connectivity index (χ4v) is 1.56. The Kier molecular flexibility index (Phi) is 2.55. The second kappa shape index (κ2) is 3.87. The highest BCUT2D eigenvalue weighted by Crippen LogP contribution is 2.14. The normalized spacial score (nSPS) is 21.4. The molecule has 0 aromatic carbocycles. The van der Waals surface area contributed by atoms with Crippen molar-refractivity contribution < 1.29 is 9.59 Å². The minimum atomic E-state index is -0.438. The van der Waals surface area contributed by atoms with Crippen LogP contribution in [0.4, 0.5) is 5.95 Å². The van der Waals surface area contributed by atoms with E-state index in [1.807, 2.05) is 0 Å². The van der Waals surface area contributed by atoms with Crippen LogP contribution in [0.25, 0.3) is 0 Å². The number of amides is 2. The monoisotopic (exact) mass is 224 g/mol. The van der Waals surface area contributed by atoms with Gasteiger partial charge in [0, 0.05) is 20.5 Å². The first-order chi connectivity index (χ1) is 7.59. The van der Waals surface area contributed by atoms with Gasteiger partial charge in [-0.25, -0.2) is 4.68 Å². The van der Waals surface area contributed by atoms with Gasteiger partial charge in [0.15, 0.2) is 0 Å². The predicted octanol–water partition coefficient (Wildman–Crippen LogP) is -1.23. The van der Waals surface area contributed by atoms with E-state index in [2.05, 4.69) is 20.8 Å². The summed E-state index contributed by atoms with van der Waals surface area (Å²) in [6.45, 7) is 0. The molecule has 1 aromatic rings. The smallest absolute Gasteiger partial charge is 0.251 e. The quantitative estimate of drug-likeness (QED) is 0.632. The second-order valence-electron chi connectivity index (χ2n) is 3.65. The number of likely N-dealkylation sites (tertiary alicyclic amines) is 1. The van der Waals surface area contributed by atoms with Crippen LogP contribution in [0, 0.1) is 0 Å². The molecule has 0 aliphatic carbocycles. The van der Waals surface area contributed by atoms with Crippen LogP contribution in [0.1, 0.15) is 12.8 Å². The average Bonchev–Trinajstić information content (AvgIpc) is 2.65. The van der Waals surface area contributed by atoms with Gasteiger partial charge in [0.25, 0.3) is 5.91 Å². The first-order valence-corrected chi connectivity index (χ1v) is 4.89. The molecule has 1 aliphatic heterocycles. The van der Waals surface area contributed by atoms with Gasteiger partial charge in [0.2, 0.25) is 11.9 Å². The number of aryl methyl sites for hydroxylation is 1. The molecule has 16 heavy (non-hydrogen) atoms. The summed E-state index contributed by atoms with van der Waals surface area (Å²) in [4.78, 5) is 24.1. The number of rotatable bonds is 2. The van der Waals surface area contributed by atoms with Crippen molar-refractivity contribution in [3.8, 4) is 0 Å². The van der Waals surface area contributed by atoms with Gasteiger partial charge in [-0.05, 0) is 16.8 Å². The molecule has 1 aromatic heterocycles. The van der Waals surface area contributed by atoms with E-state index in [0.29, 0.717) is 18.8 Å². The molecule has 1 unspecified atom stereocenters. The third-order valence-corrected chi connectivity index (χ3v) is 2.57. The summed E-state index contributed by atoms with van der Waals surface area (Å²) in [6.07, 6.45) is 0.819. The number of aromatic nitrogens is 4. The number of nitrogens with one attached hydrogen (secondary N) is 1. The molecule has 1 atom stereocenters. The third kappa shape index (κ3) is 1.73. The van der Waals surface area contributed by atoms with Gasteiger partial charge >= 0.3 is 0 Å². The van der Waals surface area contributed by atoms with Gasteiger partial charge in [-0.15, -0.1) is 0 Å². The molecule has 0 saturated carbocycles. The molecule has 86 valence electrons. The number of carbonyl (C=O) groups excluding carboxylic acids is 2. The summed E-state index contributed by atoms with van der Waals surface area (Å²) in [7, 11) is 3.15. The predicted molar refractivity (Wildman–Crippen MR) is 53.2 cm³/mol. The molecule has 1 aliphatic rings. The number of hydrogen-bond acceptors (Lipinski definition) is 6. The zero-order valence-corrected chi connectivity index (χ0v) is 9.04. The molecule has 8 heteroatoms. The van der Waals surface area contributed by atoms with Crippen LogP contribution in [-0.4, -0.2) is 50.0 Å². The molecule has 1 fully saturated rings. The largest absolute Gasteiger partial charge is 0.341 e. The van der Waals surface area contributed by atoms with E-state index in [4.69, 9.17) is 0 Å². The lowest BCUT2D eigenvalue weighted by molar-refractivity contribution is -0.146. The van der Waals surface area contributed by atoms with Crippen LogP contribution >= 0.6 is 0 Å². The van der Waals surface area contributed by atoms with Gasteiger partial charge in [0.05, 0.1) is 0 Å². The lowest BCUT2D eigenvalue weighted by atomic mass is 10.1. The fraction of sp³-hybridized carbons (Fsp3) is 0.625. The van der Waals surface area contributed by atoms with E-state index < -0.39 is 6.04 Å². The maximum absolute atomic E-state index is 11.7. The molecule has 2 rings (SSSR count). The minimum Gasteiger partial charge on any atom is -0.341 e. The Morgan fingerprint density at radius 2 is 2.12 bits per heavy atom. The molecule has 0 radical (unpaired) electrons. The Labute approximate surface area is 91.6 Å². The summed E-state index contributed by atoms with van der Waals surface area (Å²) < 4.78 is 1.43. The summed E-state index contributed by atoms with van der Waals surface area (Å²) in [5.74, 6) is 0.0134. The number of imide groups is 1. The number of carbonyl (C=O) groups is 2. The van der Waals surface area contributed by atoms with E-state index in [1.165, 1.54) is 11.7 Å². The van der Waals surface area contributed by atoms with Gasteiger partial charge < -0.3 is 5.32 Å². The Balaban J connectivity index is 2.09. The van der Waals surface area contributed by atoms with Gasteiger partial charge in [-0.1, -0.05) is 5.10 Å². The standard InChI is InChI=1S/C8H12N6O2/c1-13-6(15)4-3-5(7(13)16)9-8-10-11-12-14(8)2/h5H,3-4H2,1-2H3,(H,9,10,12). The Bertz CT molecular complexity index is 428. The van der Waals surface area contributed by atoms with Crippen LogP contribution in [0.15, 0.2) is 0 Å². The molecule has 2 amide bonds. The van der Waals surface area contributed by atoms with E-state index in [0.717, 1.165) is 4.90 Å². The lowest BCUT2D eigenvalue weighted by Crippen LogP contribution is -2.48. The van der Waals surface area contributed by atoms with Crippen LogP contribution in [0.3, 0.4) is 0 Å². The van der Waals surface area contributed by atoms with Crippen LogP contribution in [0.5, 0.6) is 0 Å². The van der Waals surface area contributed by atoms with E-state index in [1.54, 1.807) is 7.05 Å². The Morgan fingerprint density at radius 1 is 1.38 bits per heavy atom. The maximum atomic E-state index is 11.7. The summed E-state index contributed by atoms with van der Waals surface area (Å²) in [5, 5.41) is 13.7. The number of anilines is 1. The number of hydrogen-bond donors (Lipinski definition) is 1. The zero-order valence-electron chi connectivity index (χ0n) is 9.04. The highest BCUT2D eigenvalue weighted by molar-refractivity contribution is 6.01. The molecule has 0 bridgehead atoms. The first-order valence-electron chi connectivity index (χ1n) is 4.89. The van der Waals surface area contributed by atoms with E-state index in [9.17, 15) is 9.59 Å². The molecular formula is C8H12N6O2. The SMILES string of the molecule is CN1C(=O)CCC(Nc2nnnn2C)C1=O. The second-order valence-corrected chi connectivity index (χ2v) is 3.65. The van der Waals surface area contributed by atoms with Crippen molar-refractivity contribution in [3.63, 3.8) is 0 Å². The lowest BCUT2D eigenvalue weighted by Gasteiger charge is -2.27. The number of piperidine rings is 1. The minimum absolute atomic E-state index is 0.154. The first kappa shape index (κ1) is 10.5. The van der Waals surface area contributed by atoms with Crippen molar-refractivity contribution in [1.82, 2.24) is 25.1 Å². The van der Waals surface area contributed by atoms with Gasteiger partial charge in [0.1, 0.15) is 6.04 Å². The summed E-state index contributed by atoms with van der Waals surface area (Å²) in [6, 6.07) is -0.438. The number of tetrazole rings is 1. The highest BCUT2D eigenvalue weighted by Gasteiger charge is 2.32. The van der Waals surface area contributed by atoms with Crippen molar-refractivity contribution in [3.05, 3.63) is 0 Å². The number of likely N-dealkylation sites (N-methyl/N-ethyl adjacent to an activating group) is 1. The summed E-state index contributed by atoms with van der Waals surface area (Å²) in [5.41, 5.74) is 0. The van der Waals surface area contributed by atoms with E-state index in [-0.39, 0.29) is 11.8 Å². The summed E-state index contributed by atoms with van der Waals surface area (Å²) >= 11 is 0. The van der Waals surface area contributed by atoms with Crippen LogP contribution in [-0.2, 0) is 16.6 Å². The third-order valence-electron chi connectivity index (χ3n) is 2.57. The molecule has 8 nitrogen and oxygen atoms in total. The van der Waals surface area contributed by atoms with Gasteiger partial charge in [-0.3, -0.25) is 14.5 Å². The van der Waals surface area contributed by atoms with Crippen molar-refractivity contribution >= 4 is 17.8 Å². The molecule has 1 N–H and O–H groups in total. The number of nitrogens with zero attached hydrogens (tertiary/aromatic N) is 5. The molecular weight excluding hydrogens is 212 g/mol. The topological polar surface area (TPSA) is 93.0 Å². The average molecular weight is 224 g/mol. The maximum Gasteiger partial charge on any atom is 0.251 e. The fourth-order valence-electron chi connectivity index (χ4n) is 1.56. The Hall–Kier alpha value is -1.99. The van der Waals surface area contributed by atoms with Crippen LogP contribution < -0.4 is 5.32 Å². The van der Waals surface area contributed by atoms with Gasteiger partial charge in [-0.2, -0.15) is 0 Å². The van der Waals surface area contributed by atoms with E-state index >= 15 is 0 Å². The molecule has 0 spiro atoms. The van der Waals surface area contributed by atoms with Crippen molar-refractivity contribution in [2.75, 3.05) is 12.4 Å². The van der Waals surface area contributed by atoms with Crippen molar-refractivity contribution in [2.45, 2.75) is 18.9 Å². The van der Waals surface area contributed by atoms with Crippen LogP contribution in [0.2, 0.25) is 0 Å². The Morgan fingerprint density at radius 3 is 2.75 bits per heavy atom. The highest BCUT2D eigenvalue weighted by atomic mass is 16.2. The molecule has 2 heterocycles. The molecule has 1 saturated heterocycles. The zero-order chi connectivity index (χ0) is 11.7.